The first-order valence-electron chi connectivity index (χ1n) is 5.17. The van der Waals surface area contributed by atoms with Gasteiger partial charge in [0, 0.05) is 18.0 Å². The second-order valence-corrected chi connectivity index (χ2v) is 5.80. The number of carbonyl (C=O) groups excluding carboxylic acids is 1. The van der Waals surface area contributed by atoms with Gasteiger partial charge in [0.2, 0.25) is 10.1 Å². The molecule has 0 saturated heterocycles. The molecular formula is C10H10N4OS2. The number of amides is 1. The number of hydrogen-bond donors (Lipinski definition) is 1. The summed E-state index contributed by atoms with van der Waals surface area (Å²) in [7, 11) is 0. The fourth-order valence-corrected chi connectivity index (χ4v) is 3.35. The fourth-order valence-electron chi connectivity index (χ4n) is 1.88. The highest BCUT2D eigenvalue weighted by molar-refractivity contribution is 7.16. The van der Waals surface area contributed by atoms with Crippen LogP contribution in [0.4, 0.5) is 5.13 Å². The molecule has 0 unspecified atom stereocenters. The Hall–Kier alpha value is -1.47. The quantitative estimate of drug-likeness (QED) is 0.846. The van der Waals surface area contributed by atoms with Gasteiger partial charge in [-0.15, -0.1) is 21.5 Å². The van der Waals surface area contributed by atoms with Crippen LogP contribution in [0.5, 0.6) is 0 Å². The lowest BCUT2D eigenvalue weighted by atomic mass is 10.1. The molecule has 0 radical (unpaired) electrons. The largest absolute Gasteiger partial charge is 0.374 e. The van der Waals surface area contributed by atoms with Crippen molar-refractivity contribution in [1.82, 2.24) is 15.1 Å². The zero-order valence-electron chi connectivity index (χ0n) is 8.92. The minimum Gasteiger partial charge on any atom is -0.374 e. The predicted octanol–water partition coefficient (Wildman–Crippen LogP) is 1.38. The lowest BCUT2D eigenvalue weighted by Crippen LogP contribution is -2.35. The summed E-state index contributed by atoms with van der Waals surface area (Å²) >= 11 is 2.90. The van der Waals surface area contributed by atoms with Crippen molar-refractivity contribution >= 4 is 33.7 Å². The molecule has 0 aromatic carbocycles. The van der Waals surface area contributed by atoms with E-state index in [4.69, 9.17) is 5.73 Å². The molecule has 7 heteroatoms. The van der Waals surface area contributed by atoms with Crippen LogP contribution in [0.2, 0.25) is 0 Å². The molecule has 0 atom stereocenters. The summed E-state index contributed by atoms with van der Waals surface area (Å²) in [6.07, 6.45) is 0.924. The van der Waals surface area contributed by atoms with E-state index in [1.807, 2.05) is 0 Å². The summed E-state index contributed by atoms with van der Waals surface area (Å²) in [5, 5.41) is 10.2. The maximum atomic E-state index is 12.1. The van der Waals surface area contributed by atoms with Gasteiger partial charge in [-0.05, 0) is 23.4 Å². The van der Waals surface area contributed by atoms with Gasteiger partial charge in [0.05, 0.1) is 0 Å². The van der Waals surface area contributed by atoms with Gasteiger partial charge in [-0.25, -0.2) is 0 Å². The number of nitrogens with two attached hydrogens (primary N) is 1. The van der Waals surface area contributed by atoms with Gasteiger partial charge < -0.3 is 10.6 Å². The van der Waals surface area contributed by atoms with Crippen LogP contribution in [-0.4, -0.2) is 27.5 Å². The van der Waals surface area contributed by atoms with Crippen LogP contribution in [0.1, 0.15) is 20.2 Å². The van der Waals surface area contributed by atoms with E-state index in [2.05, 4.69) is 21.6 Å². The van der Waals surface area contributed by atoms with Gasteiger partial charge in [0.25, 0.3) is 5.91 Å². The van der Waals surface area contributed by atoms with Gasteiger partial charge in [0.15, 0.2) is 0 Å². The molecule has 1 aliphatic heterocycles. The third-order valence-electron chi connectivity index (χ3n) is 2.72. The van der Waals surface area contributed by atoms with Crippen LogP contribution in [0.3, 0.4) is 0 Å². The number of carbonyl (C=O) groups is 1. The van der Waals surface area contributed by atoms with Crippen LogP contribution >= 0.6 is 22.7 Å². The Bertz CT molecular complexity index is 562. The first-order valence-corrected chi connectivity index (χ1v) is 6.87. The van der Waals surface area contributed by atoms with Crippen molar-refractivity contribution in [3.05, 3.63) is 26.9 Å². The Labute approximate surface area is 106 Å². The molecule has 0 saturated carbocycles. The summed E-state index contributed by atoms with van der Waals surface area (Å²) in [5.74, 6) is -0.0731. The molecule has 3 rings (SSSR count). The van der Waals surface area contributed by atoms with Gasteiger partial charge in [-0.1, -0.05) is 11.3 Å². The van der Waals surface area contributed by atoms with Crippen molar-refractivity contribution in [3.8, 4) is 0 Å². The first-order chi connectivity index (χ1) is 8.24. The number of rotatable bonds is 1. The standard InChI is InChI=1S/C10H10N4OS2/c11-10-13-12-8(17-10)9(15)14-3-1-7-6(5-14)2-4-16-7/h2,4H,1,3,5H2,(H2,11,13). The van der Waals surface area contributed by atoms with E-state index in [0.29, 0.717) is 16.7 Å². The third-order valence-corrected chi connectivity index (χ3v) is 4.48. The lowest BCUT2D eigenvalue weighted by Gasteiger charge is -2.25. The second-order valence-electron chi connectivity index (χ2n) is 3.79. The molecule has 0 bridgehead atoms. The third kappa shape index (κ3) is 1.91. The van der Waals surface area contributed by atoms with Gasteiger partial charge in [-0.3, -0.25) is 4.79 Å². The van der Waals surface area contributed by atoms with Crippen LogP contribution in [0, 0.1) is 0 Å². The molecular weight excluding hydrogens is 256 g/mol. The van der Waals surface area contributed by atoms with E-state index in [-0.39, 0.29) is 5.91 Å². The summed E-state index contributed by atoms with van der Waals surface area (Å²) < 4.78 is 0. The number of fused-ring (bicyclic) bond motifs is 1. The molecule has 88 valence electrons. The second kappa shape index (κ2) is 4.08. The Kier molecular flexibility index (Phi) is 2.56. The Morgan fingerprint density at radius 2 is 2.35 bits per heavy atom. The Balaban J connectivity index is 1.81. The normalized spacial score (nSPS) is 14.7. The summed E-state index contributed by atoms with van der Waals surface area (Å²) in [6, 6.07) is 2.08. The summed E-state index contributed by atoms with van der Waals surface area (Å²) in [4.78, 5) is 15.3. The minimum atomic E-state index is -0.0731. The highest BCUT2D eigenvalue weighted by Gasteiger charge is 2.24. The average Bonchev–Trinajstić information content (AvgIpc) is 2.95. The minimum absolute atomic E-state index is 0.0731. The zero-order valence-corrected chi connectivity index (χ0v) is 10.6. The van der Waals surface area contributed by atoms with Crippen molar-refractivity contribution in [1.29, 1.82) is 0 Å². The number of thiophene rings is 1. The van der Waals surface area contributed by atoms with Gasteiger partial charge in [0.1, 0.15) is 0 Å². The summed E-state index contributed by atoms with van der Waals surface area (Å²) in [5.41, 5.74) is 6.72. The monoisotopic (exact) mass is 266 g/mol. The Morgan fingerprint density at radius 3 is 3.12 bits per heavy atom. The van der Waals surface area contributed by atoms with Crippen LogP contribution in [0.25, 0.3) is 0 Å². The molecule has 17 heavy (non-hydrogen) atoms. The van der Waals surface area contributed by atoms with Crippen molar-refractivity contribution in [2.24, 2.45) is 0 Å². The molecule has 1 aliphatic rings. The molecule has 0 aliphatic carbocycles. The van der Waals surface area contributed by atoms with E-state index >= 15 is 0 Å². The van der Waals surface area contributed by atoms with Crippen molar-refractivity contribution < 1.29 is 4.79 Å². The average molecular weight is 266 g/mol. The number of anilines is 1. The molecule has 5 nitrogen and oxygen atoms in total. The van der Waals surface area contributed by atoms with E-state index in [9.17, 15) is 4.79 Å². The summed E-state index contributed by atoms with van der Waals surface area (Å²) in [6.45, 7) is 1.41. The van der Waals surface area contributed by atoms with E-state index in [0.717, 1.165) is 24.3 Å². The topological polar surface area (TPSA) is 72.1 Å². The molecule has 2 aromatic heterocycles. The zero-order chi connectivity index (χ0) is 11.8. The smallest absolute Gasteiger partial charge is 0.285 e. The van der Waals surface area contributed by atoms with Crippen molar-refractivity contribution in [2.75, 3.05) is 12.3 Å². The molecule has 2 N–H and O–H groups in total. The molecule has 0 fully saturated rings. The SMILES string of the molecule is Nc1nnc(C(=O)N2CCc3sccc3C2)s1. The molecule has 2 aromatic rings. The lowest BCUT2D eigenvalue weighted by molar-refractivity contribution is 0.0734. The van der Waals surface area contributed by atoms with Crippen molar-refractivity contribution in [2.45, 2.75) is 13.0 Å². The van der Waals surface area contributed by atoms with Crippen LogP contribution in [0.15, 0.2) is 11.4 Å². The number of hydrogen-bond acceptors (Lipinski definition) is 6. The van der Waals surface area contributed by atoms with Crippen molar-refractivity contribution in [3.63, 3.8) is 0 Å². The van der Waals surface area contributed by atoms with Gasteiger partial charge in [-0.2, -0.15) is 0 Å². The highest BCUT2D eigenvalue weighted by Crippen LogP contribution is 2.25. The van der Waals surface area contributed by atoms with E-state index in [1.54, 1.807) is 16.2 Å². The van der Waals surface area contributed by atoms with E-state index in [1.165, 1.54) is 10.4 Å². The maximum absolute atomic E-state index is 12.1. The maximum Gasteiger partial charge on any atom is 0.285 e. The number of aromatic nitrogens is 2. The van der Waals surface area contributed by atoms with Crippen LogP contribution in [-0.2, 0) is 13.0 Å². The fraction of sp³-hybridized carbons (Fsp3) is 0.300. The first kappa shape index (κ1) is 10.7. The molecule has 3 heterocycles. The number of nitrogen functional groups attached to an aromatic ring is 1. The highest BCUT2D eigenvalue weighted by atomic mass is 32.1. The van der Waals surface area contributed by atoms with E-state index < -0.39 is 0 Å². The van der Waals surface area contributed by atoms with Gasteiger partial charge >= 0.3 is 0 Å². The number of nitrogens with zero attached hydrogens (tertiary/aromatic N) is 3. The molecule has 1 amide bonds. The predicted molar refractivity (Wildman–Crippen MR) is 67.1 cm³/mol. The molecule has 0 spiro atoms. The van der Waals surface area contributed by atoms with Crippen LogP contribution < -0.4 is 5.73 Å². The Morgan fingerprint density at radius 1 is 1.47 bits per heavy atom.